The van der Waals surface area contributed by atoms with Crippen molar-refractivity contribution in [3.63, 3.8) is 0 Å². The quantitative estimate of drug-likeness (QED) is 0.0826. The van der Waals surface area contributed by atoms with Crippen LogP contribution in [0.25, 0.3) is 0 Å². The van der Waals surface area contributed by atoms with Crippen LogP contribution in [0.2, 0.25) is 0 Å². The van der Waals surface area contributed by atoms with Gasteiger partial charge >= 0.3 is 11.9 Å². The maximum atomic E-state index is 12.9. The molecule has 1 aromatic carbocycles. The normalized spacial score (nSPS) is 14.1. The summed E-state index contributed by atoms with van der Waals surface area (Å²) in [4.78, 5) is 43.7. The Morgan fingerprint density at radius 3 is 2.00 bits per heavy atom. The molecule has 0 unspecified atom stereocenters. The van der Waals surface area contributed by atoms with E-state index in [0.717, 1.165) is 18.4 Å². The van der Waals surface area contributed by atoms with Crippen molar-refractivity contribution < 1.29 is 48.7 Å². The molecule has 0 bridgehead atoms. The van der Waals surface area contributed by atoms with Gasteiger partial charge in [-0.3, -0.25) is 9.59 Å². The first-order valence-electron chi connectivity index (χ1n) is 15.8. The van der Waals surface area contributed by atoms with Gasteiger partial charge < -0.3 is 46.3 Å². The maximum absolute atomic E-state index is 12.9. The zero-order valence-corrected chi connectivity index (χ0v) is 29.2. The molecule has 268 valence electrons. The molecular formula is C34H57N3O10. The number of nitrogens with one attached hydrogen (secondary N) is 1. The van der Waals surface area contributed by atoms with E-state index in [2.05, 4.69) is 19.2 Å². The van der Waals surface area contributed by atoms with E-state index in [0.29, 0.717) is 49.2 Å². The van der Waals surface area contributed by atoms with Crippen molar-refractivity contribution in [1.82, 2.24) is 5.32 Å². The standard InChI is InChI=1S/C30H53N3O6.C4H4O4/c1-19(2)22(14-21-10-11-26(38-8)27(15-21)39-13-9-12-37-7)16-24(31)25(34)17-23(20(3)4)28(35)33-18-30(5,6)29(32)36;5-3(6)1-2-4(7)8/h10-11,15,19-20,22-25,34H,9,12-14,16-18,31H2,1-8H3,(H2,32,36)(H,33,35);1-2H,(H,5,6)(H,7,8)/b;2-1+/t22-,23+,24+,25+;/m0./s1. The highest BCUT2D eigenvalue weighted by molar-refractivity contribution is 5.89. The predicted molar refractivity (Wildman–Crippen MR) is 179 cm³/mol. The summed E-state index contributed by atoms with van der Waals surface area (Å²) in [5.41, 5.74) is 12.2. The van der Waals surface area contributed by atoms with Crippen LogP contribution < -0.4 is 26.3 Å². The third-order valence-corrected chi connectivity index (χ3v) is 7.87. The third kappa shape index (κ3) is 17.7. The zero-order chi connectivity index (χ0) is 36.3. The van der Waals surface area contributed by atoms with Crippen molar-refractivity contribution in [2.24, 2.45) is 40.6 Å². The molecule has 8 N–H and O–H groups in total. The molecule has 0 heterocycles. The molecule has 0 fully saturated rings. The van der Waals surface area contributed by atoms with Crippen LogP contribution in [0.1, 0.15) is 66.4 Å². The van der Waals surface area contributed by atoms with E-state index in [4.69, 9.17) is 35.9 Å². The Morgan fingerprint density at radius 2 is 1.53 bits per heavy atom. The molecule has 0 aliphatic heterocycles. The number of carbonyl (C=O) groups excluding carboxylic acids is 2. The van der Waals surface area contributed by atoms with Crippen molar-refractivity contribution in [2.75, 3.05) is 34.0 Å². The summed E-state index contributed by atoms with van der Waals surface area (Å²) in [6.45, 7) is 12.9. The molecule has 0 aliphatic carbocycles. The second-order valence-corrected chi connectivity index (χ2v) is 12.9. The number of hydrogen-bond donors (Lipinski definition) is 6. The summed E-state index contributed by atoms with van der Waals surface area (Å²) in [7, 11) is 3.29. The summed E-state index contributed by atoms with van der Waals surface area (Å²) in [5.74, 6) is -1.72. The van der Waals surface area contributed by atoms with Crippen LogP contribution in [0.4, 0.5) is 0 Å². The van der Waals surface area contributed by atoms with Crippen LogP contribution in [-0.2, 0) is 30.3 Å². The van der Waals surface area contributed by atoms with Gasteiger partial charge in [0.15, 0.2) is 11.5 Å². The predicted octanol–water partition coefficient (Wildman–Crippen LogP) is 3.01. The fourth-order valence-corrected chi connectivity index (χ4v) is 4.53. The van der Waals surface area contributed by atoms with E-state index in [-0.39, 0.29) is 30.7 Å². The summed E-state index contributed by atoms with van der Waals surface area (Å²) in [6.07, 6.45) is 2.68. The highest BCUT2D eigenvalue weighted by Crippen LogP contribution is 2.32. The summed E-state index contributed by atoms with van der Waals surface area (Å²) in [6, 6.07) is 5.47. The number of aliphatic hydroxyl groups excluding tert-OH is 1. The monoisotopic (exact) mass is 667 g/mol. The molecule has 0 radical (unpaired) electrons. The number of carbonyl (C=O) groups is 4. The Kier molecular flexibility index (Phi) is 20.3. The van der Waals surface area contributed by atoms with E-state index < -0.39 is 41.3 Å². The van der Waals surface area contributed by atoms with Gasteiger partial charge in [-0.1, -0.05) is 33.8 Å². The molecule has 0 saturated carbocycles. The molecule has 0 aromatic heterocycles. The van der Waals surface area contributed by atoms with Gasteiger partial charge in [-0.2, -0.15) is 0 Å². The highest BCUT2D eigenvalue weighted by atomic mass is 16.5. The number of methoxy groups -OCH3 is 2. The highest BCUT2D eigenvalue weighted by Gasteiger charge is 2.32. The molecule has 0 aliphatic rings. The number of nitrogens with two attached hydrogens (primary N) is 2. The molecule has 4 atom stereocenters. The number of rotatable bonds is 21. The van der Waals surface area contributed by atoms with Gasteiger partial charge in [-0.15, -0.1) is 0 Å². The molecule has 13 heteroatoms. The van der Waals surface area contributed by atoms with E-state index in [1.165, 1.54) is 0 Å². The Bertz CT molecular complexity index is 1140. The molecule has 0 saturated heterocycles. The number of benzene rings is 1. The lowest BCUT2D eigenvalue weighted by Crippen LogP contribution is -2.46. The Hall–Kier alpha value is -3.68. The number of aliphatic hydroxyl groups is 1. The van der Waals surface area contributed by atoms with Crippen molar-refractivity contribution in [3.8, 4) is 11.5 Å². The average molecular weight is 668 g/mol. The Labute approximate surface area is 279 Å². The fourth-order valence-electron chi connectivity index (χ4n) is 4.53. The van der Waals surface area contributed by atoms with Gasteiger partial charge in [0.2, 0.25) is 11.8 Å². The molecule has 1 aromatic rings. The minimum absolute atomic E-state index is 0.00829. The summed E-state index contributed by atoms with van der Waals surface area (Å²) in [5, 5.41) is 29.5. The van der Waals surface area contributed by atoms with Gasteiger partial charge in [-0.25, -0.2) is 9.59 Å². The van der Waals surface area contributed by atoms with Gasteiger partial charge in [0.05, 0.1) is 25.2 Å². The van der Waals surface area contributed by atoms with Crippen molar-refractivity contribution in [2.45, 2.75) is 79.4 Å². The first-order chi connectivity index (χ1) is 21.9. The van der Waals surface area contributed by atoms with Crippen LogP contribution in [-0.4, -0.2) is 85.2 Å². The van der Waals surface area contributed by atoms with Crippen LogP contribution in [0.3, 0.4) is 0 Å². The number of primary amides is 1. The molecule has 1 rings (SSSR count). The Balaban J connectivity index is 0.00000233. The maximum Gasteiger partial charge on any atom is 0.328 e. The minimum Gasteiger partial charge on any atom is -0.493 e. The van der Waals surface area contributed by atoms with Crippen LogP contribution >= 0.6 is 0 Å². The van der Waals surface area contributed by atoms with E-state index in [1.807, 2.05) is 32.0 Å². The van der Waals surface area contributed by atoms with Crippen LogP contribution in [0.15, 0.2) is 30.4 Å². The molecule has 47 heavy (non-hydrogen) atoms. The SMILES string of the molecule is COCCCOc1cc(C[C@@H](C[C@@H](N)[C@H](O)C[C@@H](C(=O)NCC(C)(C)C(N)=O)C(C)C)C(C)C)ccc1OC.O=C(O)/C=C/C(=O)O. The zero-order valence-electron chi connectivity index (χ0n) is 29.2. The van der Waals surface area contributed by atoms with E-state index in [9.17, 15) is 24.3 Å². The first-order valence-corrected chi connectivity index (χ1v) is 15.8. The lowest BCUT2D eigenvalue weighted by molar-refractivity contribution is -0.134. The minimum atomic E-state index is -1.26. The number of carboxylic acid groups (broad SMARTS) is 2. The fraction of sp³-hybridized carbons (Fsp3) is 0.647. The number of hydrogen-bond acceptors (Lipinski definition) is 9. The molecule has 13 nitrogen and oxygen atoms in total. The van der Waals surface area contributed by atoms with Crippen molar-refractivity contribution in [1.29, 1.82) is 0 Å². The largest absolute Gasteiger partial charge is 0.493 e. The van der Waals surface area contributed by atoms with Crippen LogP contribution in [0, 0.1) is 29.1 Å². The molecular weight excluding hydrogens is 610 g/mol. The molecule has 2 amide bonds. The van der Waals surface area contributed by atoms with Gasteiger partial charge in [0, 0.05) is 50.8 Å². The first kappa shape index (κ1) is 43.3. The number of amides is 2. The summed E-state index contributed by atoms with van der Waals surface area (Å²) >= 11 is 0. The number of aliphatic carboxylic acids is 2. The lowest BCUT2D eigenvalue weighted by Gasteiger charge is -2.30. The lowest BCUT2D eigenvalue weighted by atomic mass is 9.80. The van der Waals surface area contributed by atoms with Gasteiger partial charge in [-0.05, 0) is 68.6 Å². The van der Waals surface area contributed by atoms with Crippen molar-refractivity contribution in [3.05, 3.63) is 35.9 Å². The van der Waals surface area contributed by atoms with E-state index >= 15 is 0 Å². The second-order valence-electron chi connectivity index (χ2n) is 12.9. The van der Waals surface area contributed by atoms with Crippen LogP contribution in [0.5, 0.6) is 11.5 Å². The Morgan fingerprint density at radius 1 is 0.936 bits per heavy atom. The summed E-state index contributed by atoms with van der Waals surface area (Å²) < 4.78 is 16.5. The second kappa shape index (κ2) is 22.0. The number of ether oxygens (including phenoxy) is 3. The van der Waals surface area contributed by atoms with Gasteiger partial charge in [0.25, 0.3) is 0 Å². The smallest absolute Gasteiger partial charge is 0.328 e. The molecule has 0 spiro atoms. The third-order valence-electron chi connectivity index (χ3n) is 7.87. The van der Waals surface area contributed by atoms with Crippen molar-refractivity contribution >= 4 is 23.8 Å². The average Bonchev–Trinajstić information content (AvgIpc) is 2.99. The van der Waals surface area contributed by atoms with Gasteiger partial charge in [0.1, 0.15) is 0 Å². The van der Waals surface area contributed by atoms with E-state index in [1.54, 1.807) is 28.1 Å². The number of carboxylic acids is 2. The topological polar surface area (TPSA) is 221 Å².